The third-order valence-electron chi connectivity index (χ3n) is 8.86. The summed E-state index contributed by atoms with van der Waals surface area (Å²) in [5.74, 6) is 0.0914. The van der Waals surface area contributed by atoms with Crippen molar-refractivity contribution in [3.8, 4) is 0 Å². The molecule has 0 spiro atoms. The number of Topliss-reactive ketones (excluding diaryl/α,β-unsaturated/α-hetero) is 1. The molecule has 4 heteroatoms. The molecule has 1 saturated carbocycles. The number of nitrogens with zero attached hydrogens (tertiary/aromatic N) is 2. The minimum absolute atomic E-state index is 0.0326. The molecule has 2 atom stereocenters. The summed E-state index contributed by atoms with van der Waals surface area (Å²) in [6.07, 6.45) is 6.70. The molecule has 4 nitrogen and oxygen atoms in total. The molecular formula is C33H42N3O+. The molecule has 0 aromatic heterocycles. The number of rotatable bonds is 7. The van der Waals surface area contributed by atoms with Crippen molar-refractivity contribution in [2.24, 2.45) is 5.92 Å². The Hall–Kier alpha value is -2.98. The van der Waals surface area contributed by atoms with Crippen molar-refractivity contribution in [2.45, 2.75) is 71.3 Å². The van der Waals surface area contributed by atoms with E-state index in [0.29, 0.717) is 0 Å². The highest BCUT2D eigenvalue weighted by atomic mass is 16.1. The van der Waals surface area contributed by atoms with Gasteiger partial charge >= 0.3 is 0 Å². The van der Waals surface area contributed by atoms with Crippen LogP contribution in [0.25, 0.3) is 0 Å². The number of para-hydroxylation sites is 2. The van der Waals surface area contributed by atoms with Gasteiger partial charge in [-0.3, -0.25) is 4.79 Å². The number of ketones is 1. The number of hydrogen-bond acceptors (Lipinski definition) is 3. The van der Waals surface area contributed by atoms with Gasteiger partial charge in [0.1, 0.15) is 6.54 Å². The second kappa shape index (κ2) is 9.40. The third kappa shape index (κ3) is 3.92. The minimum Gasteiger partial charge on any atom is -0.347 e. The van der Waals surface area contributed by atoms with Crippen LogP contribution in [0.4, 0.5) is 11.4 Å². The van der Waals surface area contributed by atoms with E-state index in [4.69, 9.17) is 0 Å². The number of nitrogens with one attached hydrogen (secondary N) is 1. The van der Waals surface area contributed by atoms with Crippen LogP contribution in [0.5, 0.6) is 0 Å². The average Bonchev–Trinajstić information content (AvgIpc) is 3.22. The summed E-state index contributed by atoms with van der Waals surface area (Å²) < 4.78 is 2.38. The van der Waals surface area contributed by atoms with Crippen LogP contribution < -0.4 is 10.2 Å². The van der Waals surface area contributed by atoms with Gasteiger partial charge < -0.3 is 10.2 Å². The lowest BCUT2D eigenvalue weighted by atomic mass is 9.69. The normalized spacial score (nSPS) is 25.6. The molecule has 37 heavy (non-hydrogen) atoms. The molecular weight excluding hydrogens is 454 g/mol. The van der Waals surface area contributed by atoms with Crippen LogP contribution in [0.15, 0.2) is 72.0 Å². The van der Waals surface area contributed by atoms with Crippen LogP contribution in [0.3, 0.4) is 0 Å². The Morgan fingerprint density at radius 3 is 2.32 bits per heavy atom. The first kappa shape index (κ1) is 25.7. The monoisotopic (exact) mass is 496 g/mol. The van der Waals surface area contributed by atoms with E-state index >= 15 is 0 Å². The van der Waals surface area contributed by atoms with Gasteiger partial charge in [0.25, 0.3) is 0 Å². The number of allylic oxidation sites excluding steroid dienone is 2. The Morgan fingerprint density at radius 2 is 1.65 bits per heavy atom. The first-order chi connectivity index (χ1) is 17.6. The summed E-state index contributed by atoms with van der Waals surface area (Å²) in [4.78, 5) is 16.1. The second-order valence-corrected chi connectivity index (χ2v) is 11.8. The van der Waals surface area contributed by atoms with E-state index in [2.05, 4.69) is 124 Å². The highest BCUT2D eigenvalue weighted by Crippen LogP contribution is 2.48. The van der Waals surface area contributed by atoms with Gasteiger partial charge in [0, 0.05) is 53.2 Å². The standard InChI is InChI=1S/C33H42N3O/c1-8-10-19-34-30-22(20-28-32(3,4)24-15-11-13-17-26(24)35(28)7)31(37)23(30)21-29-33(5,6)25-16-12-14-18-27(25)36(29)9-2/h11-18,20-22,30,34H,8-10,19H2,1-7H3/q+1. The summed E-state index contributed by atoms with van der Waals surface area (Å²) in [7, 11) is 2.13. The van der Waals surface area contributed by atoms with E-state index < -0.39 is 0 Å². The maximum atomic E-state index is 13.8. The van der Waals surface area contributed by atoms with Gasteiger partial charge in [-0.05, 0) is 45.4 Å². The van der Waals surface area contributed by atoms with E-state index in [-0.39, 0.29) is 28.6 Å². The number of anilines is 1. The lowest BCUT2D eigenvalue weighted by Crippen LogP contribution is -2.54. The highest BCUT2D eigenvalue weighted by molar-refractivity contribution is 6.14. The molecule has 1 fully saturated rings. The lowest BCUT2D eigenvalue weighted by Gasteiger charge is -2.39. The molecule has 2 heterocycles. The number of likely N-dealkylation sites (N-methyl/N-ethyl adjacent to an activating group) is 1. The van der Waals surface area contributed by atoms with Gasteiger partial charge in [-0.25, -0.2) is 0 Å². The Balaban J connectivity index is 1.53. The smallest absolute Gasteiger partial charge is 0.209 e. The summed E-state index contributed by atoms with van der Waals surface area (Å²) in [5.41, 5.74) is 8.21. The molecule has 2 aromatic rings. The molecule has 0 amide bonds. The van der Waals surface area contributed by atoms with Crippen molar-refractivity contribution in [1.29, 1.82) is 0 Å². The zero-order chi connectivity index (χ0) is 26.5. The van der Waals surface area contributed by atoms with E-state index in [0.717, 1.165) is 31.5 Å². The van der Waals surface area contributed by atoms with Gasteiger partial charge in [0.15, 0.2) is 11.5 Å². The van der Waals surface area contributed by atoms with Crippen molar-refractivity contribution in [3.05, 3.63) is 83.1 Å². The first-order valence-corrected chi connectivity index (χ1v) is 13.9. The Bertz CT molecular complexity index is 1330. The van der Waals surface area contributed by atoms with Gasteiger partial charge in [-0.15, -0.1) is 0 Å². The van der Waals surface area contributed by atoms with Crippen LogP contribution in [0.2, 0.25) is 0 Å². The largest absolute Gasteiger partial charge is 0.347 e. The molecule has 0 saturated heterocycles. The fraction of sp³-hybridized carbons (Fsp3) is 0.455. The Morgan fingerprint density at radius 1 is 0.973 bits per heavy atom. The highest BCUT2D eigenvalue weighted by Gasteiger charge is 2.50. The first-order valence-electron chi connectivity index (χ1n) is 13.9. The average molecular weight is 497 g/mol. The van der Waals surface area contributed by atoms with Crippen LogP contribution in [0.1, 0.15) is 65.5 Å². The van der Waals surface area contributed by atoms with Crippen molar-refractivity contribution in [2.75, 3.05) is 25.0 Å². The van der Waals surface area contributed by atoms with Crippen LogP contribution in [-0.2, 0) is 15.6 Å². The summed E-state index contributed by atoms with van der Waals surface area (Å²) >= 11 is 0. The number of benzene rings is 2. The number of unbranched alkanes of at least 4 members (excludes halogenated alkanes) is 1. The fourth-order valence-electron chi connectivity index (χ4n) is 6.66. The zero-order valence-electron chi connectivity index (χ0n) is 23.6. The van der Waals surface area contributed by atoms with E-state index in [9.17, 15) is 4.79 Å². The Kier molecular flexibility index (Phi) is 6.52. The minimum atomic E-state index is -0.156. The molecule has 2 aromatic carbocycles. The summed E-state index contributed by atoms with van der Waals surface area (Å²) in [5, 5.41) is 3.76. The summed E-state index contributed by atoms with van der Waals surface area (Å²) in [6.45, 7) is 15.3. The molecule has 2 aliphatic heterocycles. The van der Waals surface area contributed by atoms with E-state index in [1.54, 1.807) is 0 Å². The quantitative estimate of drug-likeness (QED) is 0.278. The maximum absolute atomic E-state index is 13.8. The molecule has 0 bridgehead atoms. The number of carbonyl (C=O) groups excluding carboxylic acids is 1. The predicted octanol–water partition coefficient (Wildman–Crippen LogP) is 6.28. The molecule has 0 radical (unpaired) electrons. The molecule has 5 rings (SSSR count). The predicted molar refractivity (Wildman–Crippen MR) is 154 cm³/mol. The van der Waals surface area contributed by atoms with Gasteiger partial charge in [0.2, 0.25) is 5.69 Å². The molecule has 3 aliphatic rings. The van der Waals surface area contributed by atoms with Crippen molar-refractivity contribution in [3.63, 3.8) is 0 Å². The lowest BCUT2D eigenvalue weighted by molar-refractivity contribution is -0.433. The van der Waals surface area contributed by atoms with E-state index in [1.165, 1.54) is 33.9 Å². The number of hydrogen-bond donors (Lipinski definition) is 1. The fourth-order valence-corrected chi connectivity index (χ4v) is 6.66. The van der Waals surface area contributed by atoms with Crippen LogP contribution >= 0.6 is 0 Å². The van der Waals surface area contributed by atoms with Gasteiger partial charge in [0.05, 0.1) is 11.3 Å². The van der Waals surface area contributed by atoms with Crippen molar-refractivity contribution < 1.29 is 9.37 Å². The second-order valence-electron chi connectivity index (χ2n) is 11.8. The number of carbonyl (C=O) groups is 1. The van der Waals surface area contributed by atoms with Gasteiger partial charge in [-0.2, -0.15) is 4.58 Å². The van der Waals surface area contributed by atoms with E-state index in [1.807, 2.05) is 0 Å². The SMILES string of the molecule is CCCCNC1C(=CC2=[N+](CC)c3ccccc3C2(C)C)C(=O)C1C=C1N(C)c2ccccc2C1(C)C. The van der Waals surface area contributed by atoms with Gasteiger partial charge in [-0.1, -0.05) is 69.7 Å². The molecule has 194 valence electrons. The molecule has 1 N–H and O–H groups in total. The molecule has 1 aliphatic carbocycles. The van der Waals surface area contributed by atoms with Crippen molar-refractivity contribution >= 4 is 22.9 Å². The molecule has 2 unspecified atom stereocenters. The Labute approximate surface area is 222 Å². The summed E-state index contributed by atoms with van der Waals surface area (Å²) in [6, 6.07) is 17.3. The zero-order valence-corrected chi connectivity index (χ0v) is 23.6. The number of fused-ring (bicyclic) bond motifs is 2. The van der Waals surface area contributed by atoms with Crippen molar-refractivity contribution in [1.82, 2.24) is 5.32 Å². The van der Waals surface area contributed by atoms with Crippen LogP contribution in [0, 0.1) is 5.92 Å². The van der Waals surface area contributed by atoms with Crippen LogP contribution in [-0.4, -0.2) is 42.2 Å². The third-order valence-corrected chi connectivity index (χ3v) is 8.86. The maximum Gasteiger partial charge on any atom is 0.209 e. The topological polar surface area (TPSA) is 35.4 Å².